The van der Waals surface area contributed by atoms with Crippen LogP contribution in [-0.4, -0.2) is 54.2 Å². The van der Waals surface area contributed by atoms with Crippen molar-refractivity contribution in [1.29, 1.82) is 0 Å². The quantitative estimate of drug-likeness (QED) is 0.693. The van der Waals surface area contributed by atoms with Crippen molar-refractivity contribution in [3.8, 4) is 11.1 Å². The lowest BCUT2D eigenvalue weighted by molar-refractivity contribution is -0.151. The summed E-state index contributed by atoms with van der Waals surface area (Å²) in [4.78, 5) is 37.5. The summed E-state index contributed by atoms with van der Waals surface area (Å²) >= 11 is 0. The molecule has 1 atom stereocenters. The minimum absolute atomic E-state index is 0.0147. The Labute approximate surface area is 187 Å². The number of carbonyl (C=O) groups is 3. The van der Waals surface area contributed by atoms with Crippen molar-refractivity contribution in [3.05, 3.63) is 59.7 Å². The normalized spacial score (nSPS) is 19.8. The number of alkyl carbamates (subject to hydrolysis) is 1. The summed E-state index contributed by atoms with van der Waals surface area (Å²) in [6.45, 7) is 2.13. The molecule has 32 heavy (non-hydrogen) atoms. The molecule has 0 spiro atoms. The first-order chi connectivity index (χ1) is 15.4. The lowest BCUT2D eigenvalue weighted by Crippen LogP contribution is -2.50. The lowest BCUT2D eigenvalue weighted by Gasteiger charge is -2.40. The minimum atomic E-state index is -0.813. The van der Waals surface area contributed by atoms with E-state index in [9.17, 15) is 14.4 Å². The van der Waals surface area contributed by atoms with Crippen LogP contribution in [0.5, 0.6) is 0 Å². The van der Waals surface area contributed by atoms with Gasteiger partial charge in [-0.2, -0.15) is 0 Å². The topological polar surface area (TPSA) is 95.9 Å². The zero-order valence-electron chi connectivity index (χ0n) is 18.3. The summed E-state index contributed by atoms with van der Waals surface area (Å²) in [5.74, 6) is -1.74. The average molecular weight is 437 g/mol. The molecule has 7 heteroatoms. The maximum atomic E-state index is 12.6. The Morgan fingerprint density at radius 1 is 1.06 bits per heavy atom. The molecule has 168 valence electrons. The molecule has 4 rings (SSSR count). The van der Waals surface area contributed by atoms with Gasteiger partial charge in [0.2, 0.25) is 5.91 Å². The predicted octanol–water partition coefficient (Wildman–Crippen LogP) is 3.48. The summed E-state index contributed by atoms with van der Waals surface area (Å²) in [6.07, 6.45) is 0.400. The highest BCUT2D eigenvalue weighted by Gasteiger charge is 2.39. The third kappa shape index (κ3) is 4.20. The zero-order chi connectivity index (χ0) is 22.8. The molecule has 0 aromatic heterocycles. The SMILES string of the molecule is CC(CNC(=O)OCC1c2ccccc2-c2ccccc21)C(=O)N(C)C1CC(C(=O)O)C1. The van der Waals surface area contributed by atoms with Gasteiger partial charge in [0.15, 0.2) is 0 Å². The van der Waals surface area contributed by atoms with Gasteiger partial charge in [-0.3, -0.25) is 9.59 Å². The van der Waals surface area contributed by atoms with E-state index in [2.05, 4.69) is 29.6 Å². The van der Waals surface area contributed by atoms with E-state index in [0.29, 0.717) is 12.8 Å². The number of carbonyl (C=O) groups excluding carboxylic acids is 2. The van der Waals surface area contributed by atoms with Crippen LogP contribution in [0.25, 0.3) is 11.1 Å². The zero-order valence-corrected chi connectivity index (χ0v) is 18.3. The van der Waals surface area contributed by atoms with Crippen LogP contribution < -0.4 is 5.32 Å². The van der Waals surface area contributed by atoms with Crippen LogP contribution >= 0.6 is 0 Å². The number of ether oxygens (including phenoxy) is 1. The first kappa shape index (κ1) is 21.9. The third-order valence-electron chi connectivity index (χ3n) is 6.68. The summed E-state index contributed by atoms with van der Waals surface area (Å²) in [5.41, 5.74) is 4.62. The molecule has 0 bridgehead atoms. The number of fused-ring (bicyclic) bond motifs is 3. The van der Waals surface area contributed by atoms with Crippen LogP contribution in [0, 0.1) is 11.8 Å². The third-order valence-corrected chi connectivity index (χ3v) is 6.68. The summed E-state index contributed by atoms with van der Waals surface area (Å²) < 4.78 is 5.51. The molecule has 2 aliphatic rings. The molecule has 0 saturated heterocycles. The Morgan fingerprint density at radius 3 is 2.19 bits per heavy atom. The number of hydrogen-bond donors (Lipinski definition) is 2. The van der Waals surface area contributed by atoms with E-state index in [1.165, 1.54) is 11.1 Å². The molecule has 2 aromatic carbocycles. The van der Waals surface area contributed by atoms with Gasteiger partial charge in [-0.25, -0.2) is 4.79 Å². The highest BCUT2D eigenvalue weighted by Crippen LogP contribution is 2.44. The van der Waals surface area contributed by atoms with E-state index >= 15 is 0 Å². The number of nitrogens with one attached hydrogen (secondary N) is 1. The van der Waals surface area contributed by atoms with E-state index in [0.717, 1.165) is 11.1 Å². The Hall–Kier alpha value is -3.35. The molecule has 0 radical (unpaired) electrons. The van der Waals surface area contributed by atoms with Crippen LogP contribution in [0.3, 0.4) is 0 Å². The number of benzene rings is 2. The fraction of sp³-hybridized carbons (Fsp3) is 0.400. The van der Waals surface area contributed by atoms with E-state index < -0.39 is 18.0 Å². The average Bonchev–Trinajstić information content (AvgIpc) is 3.08. The lowest BCUT2D eigenvalue weighted by atomic mass is 9.79. The fourth-order valence-electron chi connectivity index (χ4n) is 4.61. The molecule has 1 saturated carbocycles. The molecule has 1 unspecified atom stereocenters. The van der Waals surface area contributed by atoms with E-state index in [1.807, 2.05) is 24.3 Å². The predicted molar refractivity (Wildman–Crippen MR) is 119 cm³/mol. The smallest absolute Gasteiger partial charge is 0.407 e. The molecule has 0 heterocycles. The number of amides is 2. The van der Waals surface area contributed by atoms with Gasteiger partial charge in [0.1, 0.15) is 6.61 Å². The van der Waals surface area contributed by atoms with E-state index in [4.69, 9.17) is 9.84 Å². The minimum Gasteiger partial charge on any atom is -0.481 e. The van der Waals surface area contributed by atoms with Crippen molar-refractivity contribution in [2.24, 2.45) is 11.8 Å². The van der Waals surface area contributed by atoms with Gasteiger partial charge in [0, 0.05) is 25.6 Å². The summed E-state index contributed by atoms with van der Waals surface area (Å²) in [7, 11) is 1.69. The molecule has 1 fully saturated rings. The molecule has 2 amide bonds. The number of carboxylic acid groups (broad SMARTS) is 1. The first-order valence-corrected chi connectivity index (χ1v) is 10.9. The fourth-order valence-corrected chi connectivity index (χ4v) is 4.61. The summed E-state index contributed by atoms with van der Waals surface area (Å²) in [5, 5.41) is 11.7. The maximum Gasteiger partial charge on any atom is 0.407 e. The molecule has 2 N–H and O–H groups in total. The van der Waals surface area contributed by atoms with E-state index in [1.54, 1.807) is 18.9 Å². The Kier molecular flexibility index (Phi) is 6.17. The standard InChI is InChI=1S/C25H28N2O5/c1-15(23(28)27(2)17-11-16(12-17)24(29)30)13-26-25(31)32-14-22-20-9-5-3-7-18(20)19-8-4-6-10-21(19)22/h3-10,15-17,22H,11-14H2,1-2H3,(H,26,31)(H,29,30). The monoisotopic (exact) mass is 436 g/mol. The first-order valence-electron chi connectivity index (χ1n) is 10.9. The Balaban J connectivity index is 1.27. The number of hydrogen-bond acceptors (Lipinski definition) is 4. The molecule has 2 aromatic rings. The number of aliphatic carboxylic acids is 1. The van der Waals surface area contributed by atoms with Gasteiger partial charge in [-0.05, 0) is 35.1 Å². The van der Waals surface area contributed by atoms with Crippen LogP contribution in [0.2, 0.25) is 0 Å². The second kappa shape index (κ2) is 9.02. The largest absolute Gasteiger partial charge is 0.481 e. The highest BCUT2D eigenvalue weighted by atomic mass is 16.5. The van der Waals surface area contributed by atoms with Crippen molar-refractivity contribution in [2.45, 2.75) is 31.7 Å². The van der Waals surface area contributed by atoms with Crippen molar-refractivity contribution in [2.75, 3.05) is 20.2 Å². The van der Waals surface area contributed by atoms with Crippen molar-refractivity contribution >= 4 is 18.0 Å². The summed E-state index contributed by atoms with van der Waals surface area (Å²) in [6, 6.07) is 16.2. The van der Waals surface area contributed by atoms with E-state index in [-0.39, 0.29) is 36.9 Å². The van der Waals surface area contributed by atoms with Crippen molar-refractivity contribution < 1.29 is 24.2 Å². The Bertz CT molecular complexity index is 985. The van der Waals surface area contributed by atoms with Crippen LogP contribution in [0.15, 0.2) is 48.5 Å². The van der Waals surface area contributed by atoms with Gasteiger partial charge >= 0.3 is 12.1 Å². The van der Waals surface area contributed by atoms with Crippen LogP contribution in [0.1, 0.15) is 36.8 Å². The van der Waals surface area contributed by atoms with Gasteiger partial charge in [-0.1, -0.05) is 55.5 Å². The second-order valence-corrected chi connectivity index (χ2v) is 8.72. The molecule has 2 aliphatic carbocycles. The maximum absolute atomic E-state index is 12.6. The number of rotatable bonds is 7. The molecule has 0 aliphatic heterocycles. The van der Waals surface area contributed by atoms with Crippen LogP contribution in [0.4, 0.5) is 4.79 Å². The van der Waals surface area contributed by atoms with Crippen LogP contribution in [-0.2, 0) is 14.3 Å². The number of nitrogens with zero attached hydrogens (tertiary/aromatic N) is 1. The van der Waals surface area contributed by atoms with Crippen molar-refractivity contribution in [3.63, 3.8) is 0 Å². The molecular weight excluding hydrogens is 408 g/mol. The van der Waals surface area contributed by atoms with Gasteiger partial charge in [0.05, 0.1) is 11.8 Å². The van der Waals surface area contributed by atoms with Gasteiger partial charge in [0.25, 0.3) is 0 Å². The second-order valence-electron chi connectivity index (χ2n) is 8.72. The Morgan fingerprint density at radius 2 is 1.62 bits per heavy atom. The van der Waals surface area contributed by atoms with Gasteiger partial charge < -0.3 is 20.1 Å². The van der Waals surface area contributed by atoms with Crippen molar-refractivity contribution in [1.82, 2.24) is 10.2 Å². The van der Waals surface area contributed by atoms with Gasteiger partial charge in [-0.15, -0.1) is 0 Å². The highest BCUT2D eigenvalue weighted by molar-refractivity contribution is 5.81. The molecular formula is C25H28N2O5. The molecule has 7 nitrogen and oxygen atoms in total. The number of carboxylic acids is 1.